The van der Waals surface area contributed by atoms with Gasteiger partial charge in [0.1, 0.15) is 5.60 Å². The van der Waals surface area contributed by atoms with Gasteiger partial charge in [-0.25, -0.2) is 0 Å². The molecule has 0 N–H and O–H groups in total. The lowest BCUT2D eigenvalue weighted by Crippen LogP contribution is -2.65. The largest absolute Gasteiger partial charge is 0.422 e. The van der Waals surface area contributed by atoms with Gasteiger partial charge in [-0.1, -0.05) is 13.8 Å². The molecule has 0 amide bonds. The Balaban J connectivity index is 2.01. The van der Waals surface area contributed by atoms with Crippen molar-refractivity contribution in [2.45, 2.75) is 51.9 Å². The third kappa shape index (κ3) is 1.79. The summed E-state index contributed by atoms with van der Waals surface area (Å²) in [5.74, 6) is -0.0442. The summed E-state index contributed by atoms with van der Waals surface area (Å²) < 4.78 is 16.8. The maximum absolute atomic E-state index is 12.0. The lowest BCUT2D eigenvalue weighted by atomic mass is 9.59. The van der Waals surface area contributed by atoms with Crippen molar-refractivity contribution in [1.29, 1.82) is 0 Å². The van der Waals surface area contributed by atoms with Crippen molar-refractivity contribution in [1.82, 2.24) is 0 Å². The molecule has 3 aliphatic rings. The normalized spacial score (nSPS) is 47.1. The van der Waals surface area contributed by atoms with Crippen LogP contribution in [0.15, 0.2) is 0 Å². The van der Waals surface area contributed by atoms with E-state index in [-0.39, 0.29) is 17.8 Å². The summed E-state index contributed by atoms with van der Waals surface area (Å²) >= 11 is 0. The molecule has 2 heterocycles. The van der Waals surface area contributed by atoms with Crippen LogP contribution in [0.2, 0.25) is 0 Å². The molecular weight excluding hydrogens is 260 g/mol. The van der Waals surface area contributed by atoms with Gasteiger partial charge in [0.25, 0.3) is 6.29 Å². The second kappa shape index (κ2) is 4.72. The standard InChI is InChI=1S/C15H22O5/c1-8-4-5-12-9(2)13(17)20-14(19-10(3)16)15(12)11(8)6-7-18-15/h8-9,11-12,14H,4-7H2,1-3H3/t8-,9?,11+,12+,14+,15-/m0/s1. The zero-order valence-electron chi connectivity index (χ0n) is 12.3. The van der Waals surface area contributed by atoms with E-state index < -0.39 is 17.9 Å². The van der Waals surface area contributed by atoms with Gasteiger partial charge in [-0.3, -0.25) is 9.59 Å². The predicted octanol–water partition coefficient (Wildman–Crippen LogP) is 1.89. The van der Waals surface area contributed by atoms with Gasteiger partial charge in [0.05, 0.1) is 5.92 Å². The third-order valence-corrected chi connectivity index (χ3v) is 5.40. The number of ether oxygens (including phenoxy) is 3. The number of cyclic esters (lactones) is 1. The molecule has 0 radical (unpaired) electrons. The lowest BCUT2D eigenvalue weighted by molar-refractivity contribution is -0.291. The van der Waals surface area contributed by atoms with Crippen LogP contribution in [-0.2, 0) is 23.8 Å². The summed E-state index contributed by atoms with van der Waals surface area (Å²) in [6.45, 7) is 6.10. The molecular formula is C15H22O5. The van der Waals surface area contributed by atoms with Gasteiger partial charge in [0.2, 0.25) is 0 Å². The second-order valence-corrected chi connectivity index (χ2v) is 6.43. The highest BCUT2D eigenvalue weighted by molar-refractivity contribution is 5.74. The van der Waals surface area contributed by atoms with Crippen molar-refractivity contribution < 1.29 is 23.8 Å². The van der Waals surface area contributed by atoms with Crippen LogP contribution in [0, 0.1) is 23.7 Å². The fourth-order valence-corrected chi connectivity index (χ4v) is 4.47. The highest BCUT2D eigenvalue weighted by Gasteiger charge is 2.66. The second-order valence-electron chi connectivity index (χ2n) is 6.43. The van der Waals surface area contributed by atoms with Crippen molar-refractivity contribution in [3.8, 4) is 0 Å². The van der Waals surface area contributed by atoms with Crippen molar-refractivity contribution in [2.75, 3.05) is 6.61 Å². The Bertz CT molecular complexity index is 434. The fourth-order valence-electron chi connectivity index (χ4n) is 4.47. The molecule has 0 aromatic carbocycles. The van der Waals surface area contributed by atoms with Gasteiger partial charge in [0.15, 0.2) is 0 Å². The quantitative estimate of drug-likeness (QED) is 0.687. The summed E-state index contributed by atoms with van der Waals surface area (Å²) in [4.78, 5) is 23.4. The molecule has 5 heteroatoms. The van der Waals surface area contributed by atoms with E-state index in [1.54, 1.807) is 0 Å². The third-order valence-electron chi connectivity index (χ3n) is 5.40. The highest BCUT2D eigenvalue weighted by Crippen LogP contribution is 2.56. The van der Waals surface area contributed by atoms with Crippen molar-refractivity contribution >= 4 is 11.9 Å². The van der Waals surface area contributed by atoms with E-state index in [9.17, 15) is 9.59 Å². The summed E-state index contributed by atoms with van der Waals surface area (Å²) in [6.07, 6.45) is 2.07. The van der Waals surface area contributed by atoms with Crippen LogP contribution in [0.1, 0.15) is 40.0 Å². The average Bonchev–Trinajstić information content (AvgIpc) is 2.82. The van der Waals surface area contributed by atoms with Crippen molar-refractivity contribution in [3.63, 3.8) is 0 Å². The molecule has 3 rings (SSSR count). The number of rotatable bonds is 1. The van der Waals surface area contributed by atoms with Gasteiger partial charge < -0.3 is 14.2 Å². The monoisotopic (exact) mass is 282 g/mol. The minimum Gasteiger partial charge on any atom is -0.422 e. The molecule has 2 aliphatic heterocycles. The molecule has 1 saturated carbocycles. The number of hydrogen-bond acceptors (Lipinski definition) is 5. The minimum atomic E-state index is -0.885. The van der Waals surface area contributed by atoms with Gasteiger partial charge >= 0.3 is 11.9 Å². The Morgan fingerprint density at radius 1 is 1.25 bits per heavy atom. The first-order chi connectivity index (χ1) is 9.46. The van der Waals surface area contributed by atoms with E-state index in [0.29, 0.717) is 18.4 Å². The first-order valence-electron chi connectivity index (χ1n) is 7.48. The predicted molar refractivity (Wildman–Crippen MR) is 69.5 cm³/mol. The number of carbonyl (C=O) groups is 2. The highest BCUT2D eigenvalue weighted by atomic mass is 16.7. The van der Waals surface area contributed by atoms with E-state index in [4.69, 9.17) is 14.2 Å². The molecule has 1 aliphatic carbocycles. The number of hydrogen-bond donors (Lipinski definition) is 0. The van der Waals surface area contributed by atoms with Crippen LogP contribution in [0.3, 0.4) is 0 Å². The topological polar surface area (TPSA) is 61.8 Å². The van der Waals surface area contributed by atoms with Gasteiger partial charge in [-0.05, 0) is 25.2 Å². The van der Waals surface area contributed by atoms with E-state index in [1.165, 1.54) is 6.92 Å². The SMILES string of the molecule is CC(=O)O[C@@H]1OC(=O)C(C)[C@H]2CC[C@H](C)[C@H]3CCO[C@]123. The van der Waals surface area contributed by atoms with Crippen LogP contribution in [0.5, 0.6) is 0 Å². The van der Waals surface area contributed by atoms with Crippen LogP contribution in [0.25, 0.3) is 0 Å². The Morgan fingerprint density at radius 3 is 2.70 bits per heavy atom. The van der Waals surface area contributed by atoms with Crippen molar-refractivity contribution in [3.05, 3.63) is 0 Å². The molecule has 0 aromatic rings. The average molecular weight is 282 g/mol. The van der Waals surface area contributed by atoms with E-state index in [1.807, 2.05) is 6.92 Å². The first-order valence-corrected chi connectivity index (χ1v) is 7.48. The molecule has 1 unspecified atom stereocenters. The number of esters is 2. The van der Waals surface area contributed by atoms with E-state index in [2.05, 4.69) is 6.92 Å². The smallest absolute Gasteiger partial charge is 0.312 e. The molecule has 112 valence electrons. The Morgan fingerprint density at radius 2 is 2.00 bits per heavy atom. The Kier molecular flexibility index (Phi) is 3.27. The van der Waals surface area contributed by atoms with Crippen LogP contribution >= 0.6 is 0 Å². The maximum atomic E-state index is 12.0. The zero-order valence-corrected chi connectivity index (χ0v) is 12.3. The number of carbonyl (C=O) groups excluding carboxylic acids is 2. The molecule has 1 spiro atoms. The summed E-state index contributed by atoms with van der Waals surface area (Å²) in [5.41, 5.74) is -0.628. The molecule has 20 heavy (non-hydrogen) atoms. The van der Waals surface area contributed by atoms with E-state index in [0.717, 1.165) is 19.3 Å². The van der Waals surface area contributed by atoms with Gasteiger partial charge in [0, 0.05) is 25.4 Å². The minimum absolute atomic E-state index is 0.0804. The maximum Gasteiger partial charge on any atom is 0.312 e. The van der Waals surface area contributed by atoms with Crippen LogP contribution < -0.4 is 0 Å². The zero-order chi connectivity index (χ0) is 14.5. The van der Waals surface area contributed by atoms with Crippen molar-refractivity contribution in [2.24, 2.45) is 23.7 Å². The van der Waals surface area contributed by atoms with Crippen LogP contribution in [-0.4, -0.2) is 30.4 Å². The summed E-state index contributed by atoms with van der Waals surface area (Å²) in [7, 11) is 0. The molecule has 0 bridgehead atoms. The molecule has 5 nitrogen and oxygen atoms in total. The van der Waals surface area contributed by atoms with Gasteiger partial charge in [-0.15, -0.1) is 0 Å². The molecule has 2 saturated heterocycles. The van der Waals surface area contributed by atoms with Crippen LogP contribution in [0.4, 0.5) is 0 Å². The van der Waals surface area contributed by atoms with Gasteiger partial charge in [-0.2, -0.15) is 0 Å². The first kappa shape index (κ1) is 13.9. The Hall–Kier alpha value is -1.10. The molecule has 0 aromatic heterocycles. The molecule has 3 fully saturated rings. The summed E-state index contributed by atoms with van der Waals surface area (Å²) in [5, 5.41) is 0. The Labute approximate surface area is 118 Å². The lowest BCUT2D eigenvalue weighted by Gasteiger charge is -2.54. The van der Waals surface area contributed by atoms with E-state index >= 15 is 0 Å². The summed E-state index contributed by atoms with van der Waals surface area (Å²) in [6, 6.07) is 0. The fraction of sp³-hybridized carbons (Fsp3) is 0.867. The molecule has 6 atom stereocenters.